The van der Waals surface area contributed by atoms with Gasteiger partial charge < -0.3 is 5.11 Å². The quantitative estimate of drug-likeness (QED) is 0.909. The van der Waals surface area contributed by atoms with Crippen molar-refractivity contribution in [3.05, 3.63) is 51.5 Å². The molecule has 3 rings (SSSR count). The molecular weight excluding hydrogens is 242 g/mol. The summed E-state index contributed by atoms with van der Waals surface area (Å²) in [5, 5.41) is 11.5. The average Bonchev–Trinajstić information content (AvgIpc) is 2.74. The Kier molecular flexibility index (Phi) is 3.18. The summed E-state index contributed by atoms with van der Waals surface area (Å²) in [6.45, 7) is 1.97. The zero-order valence-corrected chi connectivity index (χ0v) is 11.3. The molecule has 1 aromatic heterocycles. The molecule has 1 N–H and O–H groups in total. The van der Waals surface area contributed by atoms with Crippen LogP contribution in [0.4, 0.5) is 0 Å². The summed E-state index contributed by atoms with van der Waals surface area (Å²) in [5.41, 5.74) is 2.38. The number of aliphatic hydroxyl groups is 1. The van der Waals surface area contributed by atoms with Crippen molar-refractivity contribution in [1.82, 2.24) is 4.98 Å². The third-order valence-corrected chi connectivity index (χ3v) is 4.71. The molecule has 2 aromatic rings. The maximum Gasteiger partial charge on any atom is 0.115 e. The summed E-state index contributed by atoms with van der Waals surface area (Å²) < 4.78 is 0. The van der Waals surface area contributed by atoms with E-state index in [0.29, 0.717) is 5.92 Å². The van der Waals surface area contributed by atoms with Gasteiger partial charge in [0, 0.05) is 6.20 Å². The van der Waals surface area contributed by atoms with E-state index in [1.165, 1.54) is 24.8 Å². The van der Waals surface area contributed by atoms with E-state index in [2.05, 4.69) is 17.1 Å². The number of rotatable bonds is 3. The van der Waals surface area contributed by atoms with E-state index in [1.54, 1.807) is 17.5 Å². The summed E-state index contributed by atoms with van der Waals surface area (Å²) in [6.07, 6.45) is 5.10. The fourth-order valence-electron chi connectivity index (χ4n) is 2.51. The van der Waals surface area contributed by atoms with Crippen LogP contribution in [0.15, 0.2) is 30.5 Å². The molecule has 18 heavy (non-hydrogen) atoms. The lowest BCUT2D eigenvalue weighted by molar-refractivity contribution is 0.220. The number of hydrogen-bond donors (Lipinski definition) is 1. The second-order valence-corrected chi connectivity index (χ2v) is 6.21. The molecule has 1 aliphatic rings. The Balaban J connectivity index is 1.95. The molecule has 1 atom stereocenters. The minimum atomic E-state index is -0.520. The molecule has 0 bridgehead atoms. The van der Waals surface area contributed by atoms with Crippen molar-refractivity contribution >= 4 is 11.3 Å². The van der Waals surface area contributed by atoms with Gasteiger partial charge in [-0.15, -0.1) is 11.3 Å². The number of aryl methyl sites for hydroxylation is 1. The standard InChI is InChI=1S/C15H17NOS/c1-10-16-9-14(18-10)15(17)13-8-3-2-7-12(13)11-5-4-6-11/h2-3,7-9,11,15,17H,4-6H2,1H3. The molecular formula is C15H17NOS. The van der Waals surface area contributed by atoms with Crippen molar-refractivity contribution < 1.29 is 5.11 Å². The molecule has 1 aromatic carbocycles. The maximum atomic E-state index is 10.5. The van der Waals surface area contributed by atoms with Crippen molar-refractivity contribution in [2.75, 3.05) is 0 Å². The number of thiazole rings is 1. The van der Waals surface area contributed by atoms with Crippen LogP contribution in [0.2, 0.25) is 0 Å². The number of aromatic nitrogens is 1. The third-order valence-electron chi connectivity index (χ3n) is 3.74. The van der Waals surface area contributed by atoms with E-state index in [9.17, 15) is 5.11 Å². The predicted octanol–water partition coefficient (Wildman–Crippen LogP) is 3.80. The first-order valence-electron chi connectivity index (χ1n) is 6.45. The third kappa shape index (κ3) is 2.08. The van der Waals surface area contributed by atoms with Crippen LogP contribution in [0.25, 0.3) is 0 Å². The van der Waals surface area contributed by atoms with Gasteiger partial charge in [-0.1, -0.05) is 30.7 Å². The smallest absolute Gasteiger partial charge is 0.115 e. The molecule has 3 heteroatoms. The molecule has 0 spiro atoms. The fourth-order valence-corrected chi connectivity index (χ4v) is 3.30. The van der Waals surface area contributed by atoms with E-state index in [-0.39, 0.29) is 0 Å². The first kappa shape index (κ1) is 11.9. The van der Waals surface area contributed by atoms with Gasteiger partial charge in [-0.25, -0.2) is 4.98 Å². The van der Waals surface area contributed by atoms with E-state index < -0.39 is 6.10 Å². The van der Waals surface area contributed by atoms with Crippen molar-refractivity contribution in [3.8, 4) is 0 Å². The highest BCUT2D eigenvalue weighted by Crippen LogP contribution is 2.41. The minimum absolute atomic E-state index is 0.520. The van der Waals surface area contributed by atoms with Crippen LogP contribution in [0.5, 0.6) is 0 Å². The van der Waals surface area contributed by atoms with Crippen LogP contribution in [0, 0.1) is 6.92 Å². The van der Waals surface area contributed by atoms with Crippen LogP contribution in [-0.2, 0) is 0 Å². The molecule has 0 aliphatic heterocycles. The van der Waals surface area contributed by atoms with Crippen molar-refractivity contribution in [1.29, 1.82) is 0 Å². The topological polar surface area (TPSA) is 33.1 Å². The molecule has 0 radical (unpaired) electrons. The normalized spacial score (nSPS) is 17.4. The number of nitrogens with zero attached hydrogens (tertiary/aromatic N) is 1. The van der Waals surface area contributed by atoms with Gasteiger partial charge in [0.1, 0.15) is 6.10 Å². The molecule has 1 fully saturated rings. The highest BCUT2D eigenvalue weighted by Gasteiger charge is 2.25. The fraction of sp³-hybridized carbons (Fsp3) is 0.400. The molecule has 2 nitrogen and oxygen atoms in total. The molecule has 1 aliphatic carbocycles. The summed E-state index contributed by atoms with van der Waals surface area (Å²) in [7, 11) is 0. The summed E-state index contributed by atoms with van der Waals surface area (Å²) >= 11 is 1.58. The van der Waals surface area contributed by atoms with E-state index in [0.717, 1.165) is 15.4 Å². The highest BCUT2D eigenvalue weighted by molar-refractivity contribution is 7.11. The Morgan fingerprint density at radius 3 is 2.72 bits per heavy atom. The zero-order chi connectivity index (χ0) is 12.5. The van der Waals surface area contributed by atoms with E-state index >= 15 is 0 Å². The molecule has 0 amide bonds. The largest absolute Gasteiger partial charge is 0.383 e. The van der Waals surface area contributed by atoms with Crippen molar-refractivity contribution in [2.45, 2.75) is 38.2 Å². The number of benzene rings is 1. The van der Waals surface area contributed by atoms with Crippen molar-refractivity contribution in [2.24, 2.45) is 0 Å². The van der Waals surface area contributed by atoms with Crippen molar-refractivity contribution in [3.63, 3.8) is 0 Å². The van der Waals surface area contributed by atoms with E-state index in [4.69, 9.17) is 0 Å². The van der Waals surface area contributed by atoms with Crippen LogP contribution in [0.1, 0.15) is 52.3 Å². The Bertz CT molecular complexity index is 545. The van der Waals surface area contributed by atoms with Gasteiger partial charge in [0.15, 0.2) is 0 Å². The molecule has 0 saturated heterocycles. The van der Waals surface area contributed by atoms with Gasteiger partial charge in [0.25, 0.3) is 0 Å². The van der Waals surface area contributed by atoms with E-state index in [1.807, 2.05) is 19.1 Å². The summed E-state index contributed by atoms with van der Waals surface area (Å²) in [4.78, 5) is 5.17. The molecule has 1 saturated carbocycles. The van der Waals surface area contributed by atoms with Crippen LogP contribution < -0.4 is 0 Å². The number of hydrogen-bond acceptors (Lipinski definition) is 3. The Hall–Kier alpha value is -1.19. The molecule has 1 heterocycles. The Morgan fingerprint density at radius 2 is 2.11 bits per heavy atom. The summed E-state index contributed by atoms with van der Waals surface area (Å²) in [5.74, 6) is 0.643. The predicted molar refractivity (Wildman–Crippen MR) is 73.9 cm³/mol. The van der Waals surface area contributed by atoms with Crippen LogP contribution in [0.3, 0.4) is 0 Å². The van der Waals surface area contributed by atoms with Gasteiger partial charge in [0.05, 0.1) is 9.88 Å². The minimum Gasteiger partial charge on any atom is -0.383 e. The zero-order valence-electron chi connectivity index (χ0n) is 10.5. The lowest BCUT2D eigenvalue weighted by Crippen LogP contribution is -2.13. The molecule has 1 unspecified atom stereocenters. The number of aliphatic hydroxyl groups excluding tert-OH is 1. The second kappa shape index (κ2) is 4.82. The SMILES string of the molecule is Cc1ncc(C(O)c2ccccc2C2CCC2)s1. The van der Waals surface area contributed by atoms with Crippen LogP contribution in [-0.4, -0.2) is 10.1 Å². The van der Waals surface area contributed by atoms with Gasteiger partial charge in [-0.2, -0.15) is 0 Å². The first-order valence-corrected chi connectivity index (χ1v) is 7.26. The van der Waals surface area contributed by atoms with Gasteiger partial charge in [-0.05, 0) is 36.8 Å². The summed E-state index contributed by atoms with van der Waals surface area (Å²) in [6, 6.07) is 8.29. The highest BCUT2D eigenvalue weighted by atomic mass is 32.1. The monoisotopic (exact) mass is 259 g/mol. The Morgan fingerprint density at radius 1 is 1.33 bits per heavy atom. The molecule has 94 valence electrons. The van der Waals surface area contributed by atoms with Gasteiger partial charge >= 0.3 is 0 Å². The average molecular weight is 259 g/mol. The lowest BCUT2D eigenvalue weighted by atomic mass is 9.77. The van der Waals surface area contributed by atoms with Crippen LogP contribution >= 0.6 is 11.3 Å². The maximum absolute atomic E-state index is 10.5. The van der Waals surface area contributed by atoms with Gasteiger partial charge in [-0.3, -0.25) is 0 Å². The first-order chi connectivity index (χ1) is 8.75. The lowest BCUT2D eigenvalue weighted by Gasteiger charge is -2.29. The second-order valence-electron chi connectivity index (χ2n) is 4.94. The Labute approximate surface area is 111 Å². The van der Waals surface area contributed by atoms with Gasteiger partial charge in [0.2, 0.25) is 0 Å².